The van der Waals surface area contributed by atoms with Gasteiger partial charge in [-0.3, -0.25) is 14.5 Å². The molecule has 1 aliphatic rings. The SMILES string of the molecule is O=C(CN1CCCCC1CNC(=O)c1ccccc1)Nc1ccc(-c2nn[nH]n2)cc1. The molecule has 0 saturated carbocycles. The van der Waals surface area contributed by atoms with Crippen LogP contribution in [-0.4, -0.2) is 63.0 Å². The van der Waals surface area contributed by atoms with Crippen molar-refractivity contribution in [3.63, 3.8) is 0 Å². The smallest absolute Gasteiger partial charge is 0.251 e. The van der Waals surface area contributed by atoms with E-state index in [2.05, 4.69) is 36.2 Å². The second kappa shape index (κ2) is 9.94. The lowest BCUT2D eigenvalue weighted by Crippen LogP contribution is -2.49. The van der Waals surface area contributed by atoms with Crippen LogP contribution in [-0.2, 0) is 4.79 Å². The van der Waals surface area contributed by atoms with E-state index >= 15 is 0 Å². The Labute approximate surface area is 180 Å². The molecule has 3 N–H and O–H groups in total. The van der Waals surface area contributed by atoms with Crippen LogP contribution in [0.15, 0.2) is 54.6 Å². The molecule has 160 valence electrons. The molecule has 31 heavy (non-hydrogen) atoms. The molecule has 9 heteroatoms. The second-order valence-corrected chi connectivity index (χ2v) is 7.56. The van der Waals surface area contributed by atoms with Crippen LogP contribution >= 0.6 is 0 Å². The molecular formula is C22H25N7O2. The first kappa shape index (κ1) is 20.7. The van der Waals surface area contributed by atoms with E-state index in [4.69, 9.17) is 0 Å². The number of hydrogen-bond donors (Lipinski definition) is 3. The third-order valence-corrected chi connectivity index (χ3v) is 5.40. The Hall–Kier alpha value is -3.59. The maximum absolute atomic E-state index is 12.6. The van der Waals surface area contributed by atoms with Gasteiger partial charge >= 0.3 is 0 Å². The molecule has 0 radical (unpaired) electrons. The number of piperidine rings is 1. The number of hydrogen-bond acceptors (Lipinski definition) is 6. The fourth-order valence-electron chi connectivity index (χ4n) is 3.77. The van der Waals surface area contributed by atoms with Gasteiger partial charge in [-0.1, -0.05) is 24.6 Å². The van der Waals surface area contributed by atoms with E-state index in [1.165, 1.54) is 0 Å². The monoisotopic (exact) mass is 419 g/mol. The molecule has 1 fully saturated rings. The first-order valence-corrected chi connectivity index (χ1v) is 10.4. The first-order valence-electron chi connectivity index (χ1n) is 10.4. The number of H-pyrrole nitrogens is 1. The van der Waals surface area contributed by atoms with Gasteiger partial charge in [-0.15, -0.1) is 10.2 Å². The van der Waals surface area contributed by atoms with Gasteiger partial charge < -0.3 is 10.6 Å². The summed E-state index contributed by atoms with van der Waals surface area (Å²) in [6.45, 7) is 1.66. The number of carbonyl (C=O) groups is 2. The summed E-state index contributed by atoms with van der Waals surface area (Å²) in [7, 11) is 0. The minimum absolute atomic E-state index is 0.0754. The van der Waals surface area contributed by atoms with Crippen LogP contribution in [0.4, 0.5) is 5.69 Å². The summed E-state index contributed by atoms with van der Waals surface area (Å²) >= 11 is 0. The zero-order chi connectivity index (χ0) is 21.5. The fraction of sp³-hybridized carbons (Fsp3) is 0.318. The zero-order valence-electron chi connectivity index (χ0n) is 17.1. The highest BCUT2D eigenvalue weighted by molar-refractivity contribution is 5.94. The number of benzene rings is 2. The molecule has 0 spiro atoms. The summed E-state index contributed by atoms with van der Waals surface area (Å²) in [5, 5.41) is 19.8. The van der Waals surface area contributed by atoms with Crippen LogP contribution in [0.1, 0.15) is 29.6 Å². The summed E-state index contributed by atoms with van der Waals surface area (Å²) in [6.07, 6.45) is 3.11. The van der Waals surface area contributed by atoms with Gasteiger partial charge in [0.15, 0.2) is 0 Å². The van der Waals surface area contributed by atoms with Crippen molar-refractivity contribution in [1.29, 1.82) is 0 Å². The van der Waals surface area contributed by atoms with E-state index in [1.807, 2.05) is 42.5 Å². The third-order valence-electron chi connectivity index (χ3n) is 5.40. The summed E-state index contributed by atoms with van der Waals surface area (Å²) < 4.78 is 0. The molecule has 1 saturated heterocycles. The molecule has 1 atom stereocenters. The molecule has 3 aromatic rings. The quantitative estimate of drug-likeness (QED) is 0.540. The molecule has 1 unspecified atom stereocenters. The Morgan fingerprint density at radius 2 is 1.87 bits per heavy atom. The Balaban J connectivity index is 1.30. The zero-order valence-corrected chi connectivity index (χ0v) is 17.1. The number of rotatable bonds is 7. The average Bonchev–Trinajstić information content (AvgIpc) is 3.34. The number of likely N-dealkylation sites (tertiary alicyclic amines) is 1. The van der Waals surface area contributed by atoms with E-state index in [1.54, 1.807) is 12.1 Å². The van der Waals surface area contributed by atoms with Gasteiger partial charge in [0.25, 0.3) is 5.91 Å². The van der Waals surface area contributed by atoms with Gasteiger partial charge in [0.2, 0.25) is 11.7 Å². The van der Waals surface area contributed by atoms with Crippen molar-refractivity contribution in [2.75, 3.05) is 25.0 Å². The minimum atomic E-state index is -0.0859. The van der Waals surface area contributed by atoms with E-state index < -0.39 is 0 Å². The Morgan fingerprint density at radius 1 is 1.06 bits per heavy atom. The highest BCUT2D eigenvalue weighted by atomic mass is 16.2. The summed E-state index contributed by atoms with van der Waals surface area (Å²) in [5.74, 6) is 0.345. The van der Waals surface area contributed by atoms with Crippen LogP contribution in [0, 0.1) is 0 Å². The number of tetrazole rings is 1. The van der Waals surface area contributed by atoms with Crippen LogP contribution in [0.3, 0.4) is 0 Å². The Bertz CT molecular complexity index is 990. The van der Waals surface area contributed by atoms with Gasteiger partial charge in [-0.25, -0.2) is 0 Å². The van der Waals surface area contributed by atoms with Gasteiger partial charge in [0.05, 0.1) is 6.54 Å². The molecule has 2 heterocycles. The van der Waals surface area contributed by atoms with E-state index in [-0.39, 0.29) is 17.9 Å². The number of nitrogens with zero attached hydrogens (tertiary/aromatic N) is 4. The van der Waals surface area contributed by atoms with E-state index in [0.717, 1.165) is 31.4 Å². The molecular weight excluding hydrogens is 394 g/mol. The van der Waals surface area contributed by atoms with Gasteiger partial charge in [-0.2, -0.15) is 5.21 Å². The van der Waals surface area contributed by atoms with Crippen molar-refractivity contribution in [2.24, 2.45) is 0 Å². The highest BCUT2D eigenvalue weighted by Crippen LogP contribution is 2.19. The van der Waals surface area contributed by atoms with Crippen LogP contribution < -0.4 is 10.6 Å². The topological polar surface area (TPSA) is 116 Å². The van der Waals surface area contributed by atoms with Crippen LogP contribution in [0.25, 0.3) is 11.4 Å². The second-order valence-electron chi connectivity index (χ2n) is 7.56. The summed E-state index contributed by atoms with van der Waals surface area (Å²) in [4.78, 5) is 27.1. The lowest BCUT2D eigenvalue weighted by atomic mass is 10.0. The number of nitrogens with one attached hydrogen (secondary N) is 3. The van der Waals surface area contributed by atoms with Crippen molar-refractivity contribution in [2.45, 2.75) is 25.3 Å². The molecule has 0 bridgehead atoms. The summed E-state index contributed by atoms with van der Waals surface area (Å²) in [5.41, 5.74) is 2.17. The standard InChI is InChI=1S/C22H25N7O2/c30-20(24-18-11-9-16(10-12-18)21-25-27-28-26-21)15-29-13-5-4-8-19(29)14-23-22(31)17-6-2-1-3-7-17/h1-3,6-7,9-12,19H,4-5,8,13-15H2,(H,23,31)(H,24,30)(H,25,26,27,28). The Morgan fingerprint density at radius 3 is 2.61 bits per heavy atom. The lowest BCUT2D eigenvalue weighted by Gasteiger charge is -2.35. The van der Waals surface area contributed by atoms with Gasteiger partial charge in [-0.05, 0) is 61.0 Å². The Kier molecular flexibility index (Phi) is 6.63. The van der Waals surface area contributed by atoms with Crippen molar-refractivity contribution < 1.29 is 9.59 Å². The number of aromatic amines is 1. The van der Waals surface area contributed by atoms with Crippen molar-refractivity contribution in [3.8, 4) is 11.4 Å². The number of amides is 2. The predicted octanol–water partition coefficient (Wildman–Crippen LogP) is 2.09. The lowest BCUT2D eigenvalue weighted by molar-refractivity contribution is -0.118. The minimum Gasteiger partial charge on any atom is -0.350 e. The van der Waals surface area contributed by atoms with E-state index in [0.29, 0.717) is 30.2 Å². The fourth-order valence-corrected chi connectivity index (χ4v) is 3.77. The molecule has 1 aliphatic heterocycles. The average molecular weight is 419 g/mol. The molecule has 9 nitrogen and oxygen atoms in total. The molecule has 2 aromatic carbocycles. The number of aromatic nitrogens is 4. The van der Waals surface area contributed by atoms with Crippen LogP contribution in [0.2, 0.25) is 0 Å². The molecule has 0 aliphatic carbocycles. The largest absolute Gasteiger partial charge is 0.350 e. The van der Waals surface area contributed by atoms with Crippen molar-refractivity contribution in [1.82, 2.24) is 30.8 Å². The molecule has 1 aromatic heterocycles. The van der Waals surface area contributed by atoms with Crippen molar-refractivity contribution >= 4 is 17.5 Å². The predicted molar refractivity (Wildman–Crippen MR) is 116 cm³/mol. The molecule has 4 rings (SSSR count). The normalized spacial score (nSPS) is 16.6. The number of anilines is 1. The first-order chi connectivity index (χ1) is 15.2. The summed E-state index contributed by atoms with van der Waals surface area (Å²) in [6, 6.07) is 16.6. The van der Waals surface area contributed by atoms with E-state index in [9.17, 15) is 9.59 Å². The highest BCUT2D eigenvalue weighted by Gasteiger charge is 2.25. The molecule has 2 amide bonds. The maximum Gasteiger partial charge on any atom is 0.251 e. The number of carbonyl (C=O) groups excluding carboxylic acids is 2. The van der Waals surface area contributed by atoms with Gasteiger partial charge in [0, 0.05) is 29.4 Å². The van der Waals surface area contributed by atoms with Gasteiger partial charge in [0.1, 0.15) is 0 Å². The third kappa shape index (κ3) is 5.52. The van der Waals surface area contributed by atoms with Crippen molar-refractivity contribution in [3.05, 3.63) is 60.2 Å². The van der Waals surface area contributed by atoms with Crippen LogP contribution in [0.5, 0.6) is 0 Å². The maximum atomic E-state index is 12.6.